The van der Waals surface area contributed by atoms with Crippen LogP contribution in [0.15, 0.2) is 42.6 Å². The third-order valence-corrected chi connectivity index (χ3v) is 6.98. The Hall–Kier alpha value is -2.96. The number of nitrogens with zero attached hydrogens (tertiary/aromatic N) is 4. The van der Waals surface area contributed by atoms with Gasteiger partial charge in [0, 0.05) is 44.0 Å². The maximum Gasteiger partial charge on any atom is 0.231 e. The highest BCUT2D eigenvalue weighted by molar-refractivity contribution is 5.94. The summed E-state index contributed by atoms with van der Waals surface area (Å²) in [5, 5.41) is 11.0. The van der Waals surface area contributed by atoms with Gasteiger partial charge in [-0.2, -0.15) is 5.10 Å². The summed E-state index contributed by atoms with van der Waals surface area (Å²) >= 11 is 0. The molecule has 0 bridgehead atoms. The summed E-state index contributed by atoms with van der Waals surface area (Å²) in [6.07, 6.45) is 3.62. The first-order valence-corrected chi connectivity index (χ1v) is 11.6. The average molecular weight is 436 g/mol. The highest BCUT2D eigenvalue weighted by Crippen LogP contribution is 2.30. The molecule has 1 atom stereocenters. The number of carbonyl (C=O) groups is 2. The Labute approximate surface area is 190 Å². The molecule has 0 spiro atoms. The van der Waals surface area contributed by atoms with Gasteiger partial charge < -0.3 is 15.1 Å². The van der Waals surface area contributed by atoms with E-state index in [0.29, 0.717) is 24.9 Å². The molecule has 3 heterocycles. The quantitative estimate of drug-likeness (QED) is 0.751. The fourth-order valence-corrected chi connectivity index (χ4v) is 4.38. The fraction of sp³-hybridized carbons (Fsp3) is 0.520. The van der Waals surface area contributed by atoms with Crippen molar-refractivity contribution >= 4 is 23.3 Å². The molecule has 0 saturated carbocycles. The number of carbonyl (C=O) groups excluding carboxylic acids is 2. The summed E-state index contributed by atoms with van der Waals surface area (Å²) in [6, 6.07) is 12.0. The Kier molecular flexibility index (Phi) is 6.72. The van der Waals surface area contributed by atoms with Gasteiger partial charge in [-0.1, -0.05) is 32.9 Å². The van der Waals surface area contributed by atoms with Crippen LogP contribution in [0.25, 0.3) is 0 Å². The molecule has 0 radical (unpaired) electrons. The maximum atomic E-state index is 12.6. The first-order chi connectivity index (χ1) is 15.4. The number of piperidine rings is 1. The predicted molar refractivity (Wildman–Crippen MR) is 125 cm³/mol. The zero-order valence-corrected chi connectivity index (χ0v) is 19.2. The second kappa shape index (κ2) is 9.67. The average Bonchev–Trinajstić information content (AvgIpc) is 2.78. The number of amides is 2. The van der Waals surface area contributed by atoms with Crippen LogP contribution in [-0.2, 0) is 9.59 Å². The minimum absolute atomic E-state index is 0.0354. The molecule has 7 heteroatoms. The Morgan fingerprint density at radius 3 is 2.31 bits per heavy atom. The van der Waals surface area contributed by atoms with E-state index in [4.69, 9.17) is 0 Å². The van der Waals surface area contributed by atoms with Crippen molar-refractivity contribution in [1.29, 1.82) is 0 Å². The first kappa shape index (κ1) is 22.2. The lowest BCUT2D eigenvalue weighted by Crippen LogP contribution is -2.52. The van der Waals surface area contributed by atoms with Crippen LogP contribution in [0.4, 0.5) is 11.5 Å². The number of aromatic nitrogens is 2. The van der Waals surface area contributed by atoms with Crippen molar-refractivity contribution in [3.05, 3.63) is 48.2 Å². The van der Waals surface area contributed by atoms with Crippen molar-refractivity contribution in [2.45, 2.75) is 39.5 Å². The molecule has 2 aromatic rings. The summed E-state index contributed by atoms with van der Waals surface area (Å²) in [5.41, 5.74) is 2.11. The van der Waals surface area contributed by atoms with Gasteiger partial charge in [0.05, 0.1) is 5.92 Å². The molecule has 2 aliphatic rings. The molecular weight excluding hydrogens is 402 g/mol. The third-order valence-electron chi connectivity index (χ3n) is 6.98. The first-order valence-electron chi connectivity index (χ1n) is 11.6. The lowest BCUT2D eigenvalue weighted by molar-refractivity contribution is -0.137. The molecule has 2 fully saturated rings. The molecular formula is C25H33N5O2. The van der Waals surface area contributed by atoms with E-state index in [0.717, 1.165) is 37.4 Å². The van der Waals surface area contributed by atoms with Crippen LogP contribution in [0.2, 0.25) is 0 Å². The number of hydrogen-bond acceptors (Lipinski definition) is 5. The van der Waals surface area contributed by atoms with E-state index in [1.807, 2.05) is 36.1 Å². The molecule has 2 aliphatic heterocycles. The SMILES string of the molecule is CC(C)C(C)C(=O)N1CCC(c2ccc(NC(=O)C3CN(c4cccnn4)C3)cc2)CC1. The van der Waals surface area contributed by atoms with Crippen molar-refractivity contribution in [3.8, 4) is 0 Å². The third kappa shape index (κ3) is 4.92. The summed E-state index contributed by atoms with van der Waals surface area (Å²) < 4.78 is 0. The zero-order valence-electron chi connectivity index (χ0n) is 19.2. The van der Waals surface area contributed by atoms with E-state index in [1.165, 1.54) is 5.56 Å². The molecule has 1 N–H and O–H groups in total. The molecule has 1 aromatic heterocycles. The van der Waals surface area contributed by atoms with Crippen LogP contribution in [0.5, 0.6) is 0 Å². The van der Waals surface area contributed by atoms with Crippen molar-refractivity contribution in [3.63, 3.8) is 0 Å². The van der Waals surface area contributed by atoms with Gasteiger partial charge in [0.1, 0.15) is 0 Å². The van der Waals surface area contributed by atoms with E-state index in [9.17, 15) is 9.59 Å². The van der Waals surface area contributed by atoms with Crippen LogP contribution in [0.3, 0.4) is 0 Å². The Morgan fingerprint density at radius 2 is 1.72 bits per heavy atom. The summed E-state index contributed by atoms with van der Waals surface area (Å²) in [6.45, 7) is 9.21. The lowest BCUT2D eigenvalue weighted by atomic mass is 9.88. The molecule has 170 valence electrons. The molecule has 1 unspecified atom stereocenters. The minimum Gasteiger partial charge on any atom is -0.353 e. The van der Waals surface area contributed by atoms with Gasteiger partial charge in [0.15, 0.2) is 5.82 Å². The number of anilines is 2. The molecule has 1 aromatic carbocycles. The highest BCUT2D eigenvalue weighted by atomic mass is 16.2. The van der Waals surface area contributed by atoms with Crippen LogP contribution in [0.1, 0.15) is 45.1 Å². The molecule has 0 aliphatic carbocycles. The van der Waals surface area contributed by atoms with E-state index < -0.39 is 0 Å². The second-order valence-electron chi connectivity index (χ2n) is 9.43. The van der Waals surface area contributed by atoms with Crippen molar-refractivity contribution in [2.75, 3.05) is 36.4 Å². The van der Waals surface area contributed by atoms with Gasteiger partial charge in [0.25, 0.3) is 0 Å². The van der Waals surface area contributed by atoms with Gasteiger partial charge in [0.2, 0.25) is 11.8 Å². The number of benzene rings is 1. The van der Waals surface area contributed by atoms with E-state index in [1.54, 1.807) is 6.20 Å². The normalized spacial score (nSPS) is 18.4. The zero-order chi connectivity index (χ0) is 22.7. The monoisotopic (exact) mass is 435 g/mol. The Balaban J connectivity index is 1.24. The van der Waals surface area contributed by atoms with Gasteiger partial charge in [-0.05, 0) is 54.5 Å². The number of likely N-dealkylation sites (tertiary alicyclic amines) is 1. The second-order valence-corrected chi connectivity index (χ2v) is 9.43. The van der Waals surface area contributed by atoms with Gasteiger partial charge in [-0.3, -0.25) is 9.59 Å². The lowest BCUT2D eigenvalue weighted by Gasteiger charge is -2.38. The Bertz CT molecular complexity index is 917. The van der Waals surface area contributed by atoms with Crippen LogP contribution in [-0.4, -0.2) is 53.1 Å². The smallest absolute Gasteiger partial charge is 0.231 e. The maximum absolute atomic E-state index is 12.6. The van der Waals surface area contributed by atoms with Crippen molar-refractivity contribution < 1.29 is 9.59 Å². The standard InChI is InChI=1S/C25H33N5O2/c1-17(2)18(3)25(32)29-13-10-20(11-14-29)19-6-8-22(9-7-19)27-24(31)21-15-30(16-21)23-5-4-12-26-28-23/h4-9,12,17-18,20-21H,10-11,13-16H2,1-3H3,(H,27,31). The topological polar surface area (TPSA) is 78.4 Å². The van der Waals surface area contributed by atoms with Crippen molar-refractivity contribution in [1.82, 2.24) is 15.1 Å². The van der Waals surface area contributed by atoms with Gasteiger partial charge in [-0.25, -0.2) is 0 Å². The Morgan fingerprint density at radius 1 is 1.03 bits per heavy atom. The van der Waals surface area contributed by atoms with Crippen molar-refractivity contribution in [2.24, 2.45) is 17.8 Å². The number of rotatable bonds is 6. The van der Waals surface area contributed by atoms with Gasteiger partial charge >= 0.3 is 0 Å². The van der Waals surface area contributed by atoms with E-state index in [-0.39, 0.29) is 23.7 Å². The largest absolute Gasteiger partial charge is 0.353 e. The van der Waals surface area contributed by atoms with Crippen LogP contribution in [0, 0.1) is 17.8 Å². The molecule has 2 amide bonds. The highest BCUT2D eigenvalue weighted by Gasteiger charge is 2.33. The minimum atomic E-state index is -0.0354. The molecule has 32 heavy (non-hydrogen) atoms. The molecule has 2 saturated heterocycles. The van der Waals surface area contributed by atoms with Crippen LogP contribution < -0.4 is 10.2 Å². The van der Waals surface area contributed by atoms with E-state index >= 15 is 0 Å². The number of hydrogen-bond donors (Lipinski definition) is 1. The number of nitrogens with one attached hydrogen (secondary N) is 1. The van der Waals surface area contributed by atoms with E-state index in [2.05, 4.69) is 46.4 Å². The van der Waals surface area contributed by atoms with Gasteiger partial charge in [-0.15, -0.1) is 5.10 Å². The summed E-state index contributed by atoms with van der Waals surface area (Å²) in [4.78, 5) is 29.2. The summed E-state index contributed by atoms with van der Waals surface area (Å²) in [5.74, 6) is 2.02. The summed E-state index contributed by atoms with van der Waals surface area (Å²) in [7, 11) is 0. The molecule has 7 nitrogen and oxygen atoms in total. The molecule has 4 rings (SSSR count). The predicted octanol–water partition coefficient (Wildman–Crippen LogP) is 3.55. The van der Waals surface area contributed by atoms with Crippen LogP contribution >= 0.6 is 0 Å². The fourth-order valence-electron chi connectivity index (χ4n) is 4.38.